The van der Waals surface area contributed by atoms with Gasteiger partial charge < -0.3 is 10.2 Å². The van der Waals surface area contributed by atoms with Gasteiger partial charge in [0.1, 0.15) is 0 Å². The number of likely N-dealkylation sites (tertiary alicyclic amines) is 1. The lowest BCUT2D eigenvalue weighted by molar-refractivity contribution is -0.128. The largest absolute Gasteiger partial charge is 0.356 e. The second-order valence-electron chi connectivity index (χ2n) is 6.12. The van der Waals surface area contributed by atoms with Gasteiger partial charge >= 0.3 is 0 Å². The molecule has 6 heteroatoms. The van der Waals surface area contributed by atoms with Crippen LogP contribution in [0, 0.1) is 0 Å². The second kappa shape index (κ2) is 8.24. The van der Waals surface area contributed by atoms with Gasteiger partial charge in [-0.1, -0.05) is 12.1 Å². The maximum Gasteiger partial charge on any atom is 0.222 e. The van der Waals surface area contributed by atoms with Gasteiger partial charge in [-0.2, -0.15) is 0 Å². The molecule has 5 nitrogen and oxygen atoms in total. The molecule has 2 amide bonds. The maximum absolute atomic E-state index is 11.8. The summed E-state index contributed by atoms with van der Waals surface area (Å²) >= 11 is 1.72. The topological polar surface area (TPSA) is 62.3 Å². The number of nitrogens with one attached hydrogen (secondary N) is 1. The van der Waals surface area contributed by atoms with Crippen molar-refractivity contribution in [2.75, 3.05) is 19.6 Å². The van der Waals surface area contributed by atoms with Crippen LogP contribution in [0.4, 0.5) is 0 Å². The molecule has 1 fully saturated rings. The van der Waals surface area contributed by atoms with E-state index in [2.05, 4.69) is 16.4 Å². The van der Waals surface area contributed by atoms with Crippen LogP contribution in [0.15, 0.2) is 24.3 Å². The standard InChI is InChI=1S/C18H23N3O2S/c22-16(8-4-12-21-13-5-10-18(21)23)19-11-3-9-17-20-14-6-1-2-7-15(14)24-17/h1-2,6-7H,3-5,8-13H2,(H,19,22). The molecule has 1 aromatic heterocycles. The van der Waals surface area contributed by atoms with Gasteiger partial charge in [-0.3, -0.25) is 9.59 Å². The molecular formula is C18H23N3O2S. The zero-order chi connectivity index (χ0) is 16.8. The Kier molecular flexibility index (Phi) is 5.80. The van der Waals surface area contributed by atoms with Crippen LogP contribution in [0.25, 0.3) is 10.2 Å². The van der Waals surface area contributed by atoms with Gasteiger partial charge in [0.05, 0.1) is 15.2 Å². The first-order chi connectivity index (χ1) is 11.7. The Morgan fingerprint density at radius 1 is 1.29 bits per heavy atom. The third-order valence-electron chi connectivity index (χ3n) is 4.23. The Morgan fingerprint density at radius 3 is 2.96 bits per heavy atom. The molecule has 0 atom stereocenters. The van der Waals surface area contributed by atoms with E-state index in [1.807, 2.05) is 23.1 Å². The fourth-order valence-corrected chi connectivity index (χ4v) is 3.96. The first kappa shape index (κ1) is 16.9. The SMILES string of the molecule is O=C(CCCN1CCCC1=O)NCCCc1nc2ccccc2s1. The molecule has 24 heavy (non-hydrogen) atoms. The highest BCUT2D eigenvalue weighted by Crippen LogP contribution is 2.22. The summed E-state index contributed by atoms with van der Waals surface area (Å²) in [5.41, 5.74) is 1.05. The van der Waals surface area contributed by atoms with Crippen molar-refractivity contribution < 1.29 is 9.59 Å². The smallest absolute Gasteiger partial charge is 0.222 e. The number of fused-ring (bicyclic) bond motifs is 1. The van der Waals surface area contributed by atoms with Crippen LogP contribution in [0.2, 0.25) is 0 Å². The van der Waals surface area contributed by atoms with Crippen LogP contribution in [-0.4, -0.2) is 41.3 Å². The van der Waals surface area contributed by atoms with Crippen molar-refractivity contribution in [1.29, 1.82) is 0 Å². The number of benzene rings is 1. The van der Waals surface area contributed by atoms with Crippen molar-refractivity contribution in [2.24, 2.45) is 0 Å². The predicted molar refractivity (Wildman–Crippen MR) is 96.0 cm³/mol. The van der Waals surface area contributed by atoms with Crippen LogP contribution in [-0.2, 0) is 16.0 Å². The minimum Gasteiger partial charge on any atom is -0.356 e. The summed E-state index contributed by atoms with van der Waals surface area (Å²) in [5.74, 6) is 0.303. The molecule has 3 rings (SSSR count). The number of aromatic nitrogens is 1. The zero-order valence-corrected chi connectivity index (χ0v) is 14.6. The summed E-state index contributed by atoms with van der Waals surface area (Å²) < 4.78 is 1.22. The van der Waals surface area contributed by atoms with Gasteiger partial charge in [0.2, 0.25) is 11.8 Å². The van der Waals surface area contributed by atoms with Gasteiger partial charge in [-0.15, -0.1) is 11.3 Å². The summed E-state index contributed by atoms with van der Waals surface area (Å²) in [5, 5.41) is 4.08. The van der Waals surface area contributed by atoms with Crippen LogP contribution in [0.5, 0.6) is 0 Å². The Hall–Kier alpha value is -1.95. The van der Waals surface area contributed by atoms with Gasteiger partial charge in [0.25, 0.3) is 0 Å². The fourth-order valence-electron chi connectivity index (χ4n) is 2.95. The Bertz CT molecular complexity index is 680. The number of thiazole rings is 1. The van der Waals surface area contributed by atoms with Crippen LogP contribution in [0.1, 0.15) is 37.1 Å². The average Bonchev–Trinajstić information content (AvgIpc) is 3.17. The number of aryl methyl sites for hydroxylation is 1. The number of amides is 2. The van der Waals surface area contributed by atoms with E-state index < -0.39 is 0 Å². The Labute approximate surface area is 146 Å². The number of carbonyl (C=O) groups is 2. The second-order valence-corrected chi connectivity index (χ2v) is 7.23. The average molecular weight is 345 g/mol. The molecule has 0 unspecified atom stereocenters. The minimum absolute atomic E-state index is 0.0749. The molecular weight excluding hydrogens is 322 g/mol. The van der Waals surface area contributed by atoms with Crippen LogP contribution < -0.4 is 5.32 Å². The number of hydrogen-bond donors (Lipinski definition) is 1. The van der Waals surface area contributed by atoms with Gasteiger partial charge in [-0.25, -0.2) is 4.98 Å². The summed E-state index contributed by atoms with van der Waals surface area (Å²) in [6.07, 6.45) is 4.65. The molecule has 0 bridgehead atoms. The van der Waals surface area contributed by atoms with E-state index in [0.29, 0.717) is 25.9 Å². The molecule has 0 radical (unpaired) electrons. The van der Waals surface area contributed by atoms with Gasteiger partial charge in [0, 0.05) is 38.9 Å². The van der Waals surface area contributed by atoms with Crippen molar-refractivity contribution in [3.05, 3.63) is 29.3 Å². The predicted octanol–water partition coefficient (Wildman–Crippen LogP) is 2.75. The molecule has 2 aromatic rings. The first-order valence-corrected chi connectivity index (χ1v) is 9.43. The fraction of sp³-hybridized carbons (Fsp3) is 0.500. The highest BCUT2D eigenvalue weighted by atomic mass is 32.1. The highest BCUT2D eigenvalue weighted by Gasteiger charge is 2.19. The van der Waals surface area contributed by atoms with Crippen LogP contribution in [0.3, 0.4) is 0 Å². The van der Waals surface area contributed by atoms with E-state index in [1.54, 1.807) is 11.3 Å². The lowest BCUT2D eigenvalue weighted by atomic mass is 10.2. The van der Waals surface area contributed by atoms with Crippen molar-refractivity contribution in [3.8, 4) is 0 Å². The molecule has 128 valence electrons. The van der Waals surface area contributed by atoms with E-state index >= 15 is 0 Å². The zero-order valence-electron chi connectivity index (χ0n) is 13.8. The number of nitrogens with zero attached hydrogens (tertiary/aromatic N) is 2. The quantitative estimate of drug-likeness (QED) is 0.748. The number of carbonyl (C=O) groups excluding carboxylic acids is 2. The van der Waals surface area contributed by atoms with Crippen molar-refractivity contribution in [3.63, 3.8) is 0 Å². The highest BCUT2D eigenvalue weighted by molar-refractivity contribution is 7.18. The molecule has 0 spiro atoms. The third-order valence-corrected chi connectivity index (χ3v) is 5.33. The molecule has 0 saturated carbocycles. The molecule has 0 aliphatic carbocycles. The summed E-state index contributed by atoms with van der Waals surface area (Å²) in [6.45, 7) is 2.23. The van der Waals surface area contributed by atoms with E-state index in [1.165, 1.54) is 4.70 Å². The van der Waals surface area contributed by atoms with E-state index in [0.717, 1.165) is 42.8 Å². The third kappa shape index (κ3) is 4.54. The molecule has 1 saturated heterocycles. The van der Waals surface area contributed by atoms with Gasteiger partial charge in [-0.05, 0) is 31.4 Å². The lowest BCUT2D eigenvalue weighted by Crippen LogP contribution is -2.28. The van der Waals surface area contributed by atoms with Crippen molar-refractivity contribution in [1.82, 2.24) is 15.2 Å². The Morgan fingerprint density at radius 2 is 2.17 bits per heavy atom. The van der Waals surface area contributed by atoms with Crippen molar-refractivity contribution in [2.45, 2.75) is 38.5 Å². The Balaban J connectivity index is 1.30. The molecule has 1 aromatic carbocycles. The van der Waals surface area contributed by atoms with E-state index in [-0.39, 0.29) is 11.8 Å². The molecule has 1 aliphatic rings. The minimum atomic E-state index is 0.0749. The number of para-hydroxylation sites is 1. The van der Waals surface area contributed by atoms with Crippen LogP contribution >= 0.6 is 11.3 Å². The maximum atomic E-state index is 11.8. The number of hydrogen-bond acceptors (Lipinski definition) is 4. The molecule has 2 heterocycles. The van der Waals surface area contributed by atoms with Gasteiger partial charge in [0.15, 0.2) is 0 Å². The lowest BCUT2D eigenvalue weighted by Gasteiger charge is -2.14. The van der Waals surface area contributed by atoms with Crippen molar-refractivity contribution >= 4 is 33.4 Å². The normalized spacial score (nSPS) is 14.5. The summed E-state index contributed by atoms with van der Waals surface area (Å²) in [7, 11) is 0. The first-order valence-electron chi connectivity index (χ1n) is 8.61. The molecule has 1 aliphatic heterocycles. The van der Waals surface area contributed by atoms with E-state index in [4.69, 9.17) is 0 Å². The molecule has 1 N–H and O–H groups in total. The number of rotatable bonds is 8. The van der Waals surface area contributed by atoms with E-state index in [9.17, 15) is 9.59 Å². The summed E-state index contributed by atoms with van der Waals surface area (Å²) in [4.78, 5) is 29.8. The summed E-state index contributed by atoms with van der Waals surface area (Å²) in [6, 6.07) is 8.15. The monoisotopic (exact) mass is 345 g/mol.